The molecule has 1 heterocycles. The van der Waals surface area contributed by atoms with Crippen molar-refractivity contribution in [3.05, 3.63) is 42.5 Å². The molecule has 0 saturated carbocycles. The number of sulfonamides is 1. The van der Waals surface area contributed by atoms with Crippen molar-refractivity contribution in [2.24, 2.45) is 0 Å². The Balaban J connectivity index is 2.02. The van der Waals surface area contributed by atoms with Gasteiger partial charge in [-0.1, -0.05) is 6.58 Å². The summed E-state index contributed by atoms with van der Waals surface area (Å²) in [6.45, 7) is 4.31. The molecule has 2 amide bonds. The van der Waals surface area contributed by atoms with Gasteiger partial charge in [0.05, 0.1) is 6.26 Å². The van der Waals surface area contributed by atoms with Gasteiger partial charge in [-0.05, 0) is 43.2 Å². The number of hydrogen-bond donors (Lipinski definition) is 0. The van der Waals surface area contributed by atoms with E-state index < -0.39 is 10.0 Å². The van der Waals surface area contributed by atoms with Crippen molar-refractivity contribution >= 4 is 27.5 Å². The zero-order valence-electron chi connectivity index (χ0n) is 15.4. The van der Waals surface area contributed by atoms with Gasteiger partial charge in [0.2, 0.25) is 15.9 Å². The lowest BCUT2D eigenvalue weighted by molar-refractivity contribution is -0.113. The standard InChI is InChI=1S/C18H25N3O4S/c1-5-17(22)19(2)15-8-6-14(7-9-15)18(23)20(3)16-10-12-21(13-11-16)26(4,24)25/h5-9,16H,1,10-13H2,2-4H3. The van der Waals surface area contributed by atoms with Gasteiger partial charge in [0.25, 0.3) is 5.91 Å². The minimum absolute atomic E-state index is 0.00481. The van der Waals surface area contributed by atoms with Crippen LogP contribution in [0, 0.1) is 0 Å². The van der Waals surface area contributed by atoms with Gasteiger partial charge in [-0.3, -0.25) is 9.59 Å². The number of piperidine rings is 1. The zero-order valence-corrected chi connectivity index (χ0v) is 16.2. The third-order valence-corrected chi connectivity index (χ3v) is 6.07. The Hall–Kier alpha value is -2.19. The minimum Gasteiger partial charge on any atom is -0.339 e. The zero-order chi connectivity index (χ0) is 19.5. The first-order chi connectivity index (χ1) is 12.1. The summed E-state index contributed by atoms with van der Waals surface area (Å²) in [4.78, 5) is 27.4. The van der Waals surface area contributed by atoms with Crippen LogP contribution in [0.25, 0.3) is 0 Å². The Labute approximate surface area is 154 Å². The molecule has 1 aliphatic heterocycles. The Morgan fingerprint density at radius 1 is 1.15 bits per heavy atom. The van der Waals surface area contributed by atoms with Crippen LogP contribution in [-0.2, 0) is 14.8 Å². The summed E-state index contributed by atoms with van der Waals surface area (Å²) in [6, 6.07) is 6.81. The van der Waals surface area contributed by atoms with Gasteiger partial charge >= 0.3 is 0 Å². The van der Waals surface area contributed by atoms with E-state index >= 15 is 0 Å². The maximum absolute atomic E-state index is 12.7. The highest BCUT2D eigenvalue weighted by molar-refractivity contribution is 7.88. The van der Waals surface area contributed by atoms with Crippen LogP contribution in [0.1, 0.15) is 23.2 Å². The molecule has 8 heteroatoms. The molecule has 26 heavy (non-hydrogen) atoms. The monoisotopic (exact) mass is 379 g/mol. The highest BCUT2D eigenvalue weighted by Crippen LogP contribution is 2.20. The van der Waals surface area contributed by atoms with Gasteiger partial charge in [0.1, 0.15) is 0 Å². The van der Waals surface area contributed by atoms with Crippen LogP contribution in [0.2, 0.25) is 0 Å². The second kappa shape index (κ2) is 8.01. The number of nitrogens with zero attached hydrogens (tertiary/aromatic N) is 3. The Kier molecular flexibility index (Phi) is 6.20. The molecule has 1 fully saturated rings. The SMILES string of the molecule is C=CC(=O)N(C)c1ccc(C(=O)N(C)C2CCN(S(C)(=O)=O)CC2)cc1. The second-order valence-electron chi connectivity index (χ2n) is 6.46. The molecule has 0 bridgehead atoms. The molecule has 1 saturated heterocycles. The van der Waals surface area contributed by atoms with Crippen LogP contribution in [0.4, 0.5) is 5.69 Å². The summed E-state index contributed by atoms with van der Waals surface area (Å²) >= 11 is 0. The smallest absolute Gasteiger partial charge is 0.253 e. The topological polar surface area (TPSA) is 78.0 Å². The van der Waals surface area contributed by atoms with E-state index in [0.717, 1.165) is 0 Å². The first-order valence-corrected chi connectivity index (χ1v) is 10.2. The summed E-state index contributed by atoms with van der Waals surface area (Å²) in [7, 11) is 0.203. The van der Waals surface area contributed by atoms with Gasteiger partial charge in [0, 0.05) is 44.5 Å². The summed E-state index contributed by atoms with van der Waals surface area (Å²) < 4.78 is 24.6. The van der Waals surface area contributed by atoms with E-state index in [0.29, 0.717) is 37.2 Å². The van der Waals surface area contributed by atoms with E-state index in [1.54, 1.807) is 43.3 Å². The number of hydrogen-bond acceptors (Lipinski definition) is 4. The molecule has 7 nitrogen and oxygen atoms in total. The van der Waals surface area contributed by atoms with Crippen LogP contribution in [-0.4, -0.2) is 68.9 Å². The number of anilines is 1. The van der Waals surface area contributed by atoms with Gasteiger partial charge in [-0.2, -0.15) is 0 Å². The molecule has 0 aromatic heterocycles. The molecule has 0 aliphatic carbocycles. The van der Waals surface area contributed by atoms with Crippen LogP contribution in [0.3, 0.4) is 0 Å². The normalized spacial score (nSPS) is 16.1. The fourth-order valence-corrected chi connectivity index (χ4v) is 3.90. The van der Waals surface area contributed by atoms with Crippen molar-refractivity contribution in [2.45, 2.75) is 18.9 Å². The highest BCUT2D eigenvalue weighted by atomic mass is 32.2. The average Bonchev–Trinajstić information content (AvgIpc) is 2.65. The maximum Gasteiger partial charge on any atom is 0.253 e. The van der Waals surface area contributed by atoms with Gasteiger partial charge in [0.15, 0.2) is 0 Å². The number of amides is 2. The van der Waals surface area contributed by atoms with E-state index in [2.05, 4.69) is 6.58 Å². The van der Waals surface area contributed by atoms with Crippen LogP contribution >= 0.6 is 0 Å². The molecule has 0 unspecified atom stereocenters. The molecule has 1 aromatic carbocycles. The molecule has 2 rings (SSSR count). The second-order valence-corrected chi connectivity index (χ2v) is 8.44. The lowest BCUT2D eigenvalue weighted by Crippen LogP contribution is -2.47. The van der Waals surface area contributed by atoms with Crippen molar-refractivity contribution in [1.29, 1.82) is 0 Å². The Morgan fingerprint density at radius 3 is 2.15 bits per heavy atom. The van der Waals surface area contributed by atoms with Crippen molar-refractivity contribution in [1.82, 2.24) is 9.21 Å². The number of carbonyl (C=O) groups excluding carboxylic acids is 2. The van der Waals surface area contributed by atoms with Crippen molar-refractivity contribution in [3.8, 4) is 0 Å². The number of rotatable bonds is 5. The van der Waals surface area contributed by atoms with Crippen molar-refractivity contribution < 1.29 is 18.0 Å². The van der Waals surface area contributed by atoms with Crippen molar-refractivity contribution in [3.63, 3.8) is 0 Å². The van der Waals surface area contributed by atoms with E-state index in [9.17, 15) is 18.0 Å². The largest absolute Gasteiger partial charge is 0.339 e. The van der Waals surface area contributed by atoms with E-state index in [1.165, 1.54) is 21.5 Å². The van der Waals surface area contributed by atoms with Gasteiger partial charge in [-0.15, -0.1) is 0 Å². The summed E-state index contributed by atoms with van der Waals surface area (Å²) in [6.07, 6.45) is 3.67. The number of benzene rings is 1. The van der Waals surface area contributed by atoms with Crippen LogP contribution in [0.5, 0.6) is 0 Å². The first kappa shape index (κ1) is 20.1. The Morgan fingerprint density at radius 2 is 1.69 bits per heavy atom. The lowest BCUT2D eigenvalue weighted by atomic mass is 10.0. The number of carbonyl (C=O) groups is 2. The molecule has 1 aliphatic rings. The molecular formula is C18H25N3O4S. The quantitative estimate of drug-likeness (QED) is 0.723. The van der Waals surface area contributed by atoms with Gasteiger partial charge < -0.3 is 9.80 Å². The maximum atomic E-state index is 12.7. The number of likely N-dealkylation sites (N-methyl/N-ethyl adjacent to an activating group) is 1. The third-order valence-electron chi connectivity index (χ3n) is 4.77. The summed E-state index contributed by atoms with van der Waals surface area (Å²) in [5.74, 6) is -0.342. The fourth-order valence-electron chi connectivity index (χ4n) is 3.02. The van der Waals surface area contributed by atoms with E-state index in [-0.39, 0.29) is 17.9 Å². The van der Waals surface area contributed by atoms with Gasteiger partial charge in [-0.25, -0.2) is 12.7 Å². The fraction of sp³-hybridized carbons (Fsp3) is 0.444. The average molecular weight is 379 g/mol. The molecule has 0 spiro atoms. The van der Waals surface area contributed by atoms with E-state index in [4.69, 9.17) is 0 Å². The highest BCUT2D eigenvalue weighted by Gasteiger charge is 2.29. The third kappa shape index (κ3) is 4.50. The molecular weight excluding hydrogens is 354 g/mol. The molecule has 0 N–H and O–H groups in total. The van der Waals surface area contributed by atoms with Crippen LogP contribution < -0.4 is 4.90 Å². The predicted octanol–water partition coefficient (Wildman–Crippen LogP) is 1.33. The first-order valence-electron chi connectivity index (χ1n) is 8.37. The van der Waals surface area contributed by atoms with E-state index in [1.807, 2.05) is 0 Å². The minimum atomic E-state index is -3.18. The Bertz CT molecular complexity index is 781. The molecule has 1 aromatic rings. The summed E-state index contributed by atoms with van der Waals surface area (Å²) in [5.41, 5.74) is 1.21. The predicted molar refractivity (Wildman–Crippen MR) is 102 cm³/mol. The lowest BCUT2D eigenvalue weighted by Gasteiger charge is -2.35. The van der Waals surface area contributed by atoms with Crippen molar-refractivity contribution in [2.75, 3.05) is 38.3 Å². The van der Waals surface area contributed by atoms with Crippen LogP contribution in [0.15, 0.2) is 36.9 Å². The molecule has 142 valence electrons. The molecule has 0 atom stereocenters. The summed E-state index contributed by atoms with van der Waals surface area (Å²) in [5, 5.41) is 0. The molecule has 0 radical (unpaired) electrons.